The summed E-state index contributed by atoms with van der Waals surface area (Å²) >= 11 is 0. The molecule has 2 aliphatic carbocycles. The van der Waals surface area contributed by atoms with Gasteiger partial charge in [-0.15, -0.1) is 0 Å². The van der Waals surface area contributed by atoms with E-state index >= 15 is 0 Å². The van der Waals surface area contributed by atoms with E-state index in [0.717, 1.165) is 11.8 Å². The molecule has 0 heterocycles. The van der Waals surface area contributed by atoms with Crippen LogP contribution in [-0.2, 0) is 4.79 Å². The minimum Gasteiger partial charge on any atom is -0.480 e. The van der Waals surface area contributed by atoms with Gasteiger partial charge in [-0.05, 0) is 31.1 Å². The fraction of sp³-hybridized carbons (Fsp3) is 0.917. The van der Waals surface area contributed by atoms with Crippen LogP contribution in [0.4, 0.5) is 0 Å². The number of carboxylic acid groups (broad SMARTS) is 1. The van der Waals surface area contributed by atoms with Gasteiger partial charge in [-0.2, -0.15) is 0 Å². The molecule has 0 radical (unpaired) electrons. The first kappa shape index (κ1) is 10.9. The van der Waals surface area contributed by atoms with Gasteiger partial charge in [0.15, 0.2) is 0 Å². The van der Waals surface area contributed by atoms with Crippen LogP contribution in [-0.4, -0.2) is 23.7 Å². The quantitative estimate of drug-likeness (QED) is 0.751. The highest BCUT2D eigenvalue weighted by atomic mass is 16.4. The molecule has 0 bridgehead atoms. The zero-order valence-corrected chi connectivity index (χ0v) is 9.24. The van der Waals surface area contributed by atoms with Gasteiger partial charge in [-0.1, -0.05) is 25.7 Å². The Hall–Kier alpha value is -0.570. The molecule has 2 aliphatic rings. The Morgan fingerprint density at radius 1 is 1.13 bits per heavy atom. The Morgan fingerprint density at radius 2 is 1.87 bits per heavy atom. The van der Waals surface area contributed by atoms with E-state index in [9.17, 15) is 4.79 Å². The van der Waals surface area contributed by atoms with E-state index in [0.29, 0.717) is 6.04 Å². The molecular formula is C12H21NO2. The molecule has 0 aromatic rings. The Bertz CT molecular complexity index is 230. The molecule has 3 nitrogen and oxygen atoms in total. The maximum atomic E-state index is 10.5. The monoisotopic (exact) mass is 211 g/mol. The third-order valence-corrected chi connectivity index (χ3v) is 4.08. The van der Waals surface area contributed by atoms with Gasteiger partial charge in [0.05, 0.1) is 6.54 Å². The summed E-state index contributed by atoms with van der Waals surface area (Å²) < 4.78 is 0. The molecule has 15 heavy (non-hydrogen) atoms. The average molecular weight is 211 g/mol. The van der Waals surface area contributed by atoms with Crippen LogP contribution < -0.4 is 5.32 Å². The van der Waals surface area contributed by atoms with E-state index in [-0.39, 0.29) is 6.54 Å². The lowest BCUT2D eigenvalue weighted by Gasteiger charge is -2.39. The van der Waals surface area contributed by atoms with Crippen LogP contribution in [0, 0.1) is 11.8 Å². The molecule has 3 atom stereocenters. The molecule has 2 saturated carbocycles. The summed E-state index contributed by atoms with van der Waals surface area (Å²) in [4.78, 5) is 10.5. The van der Waals surface area contributed by atoms with Crippen LogP contribution >= 0.6 is 0 Å². The molecule has 3 heteroatoms. The Labute approximate surface area is 91.2 Å². The summed E-state index contributed by atoms with van der Waals surface area (Å²) in [5, 5.41) is 11.8. The smallest absolute Gasteiger partial charge is 0.317 e. The molecule has 0 aliphatic heterocycles. The number of hydrogen-bond donors (Lipinski definition) is 2. The standard InChI is InChI=1S/C12H21NO2/c14-12(15)8-13-11-6-5-9-3-1-2-4-10(9)7-11/h9-11,13H,1-8H2,(H,14,15). The Morgan fingerprint density at radius 3 is 2.60 bits per heavy atom. The summed E-state index contributed by atoms with van der Waals surface area (Å²) in [6, 6.07) is 0.459. The molecule has 0 saturated heterocycles. The summed E-state index contributed by atoms with van der Waals surface area (Å²) in [5.74, 6) is 1.08. The van der Waals surface area contributed by atoms with Crippen molar-refractivity contribution in [1.82, 2.24) is 5.32 Å². The second-order valence-corrected chi connectivity index (χ2v) is 5.09. The Balaban J connectivity index is 1.78. The first-order chi connectivity index (χ1) is 7.25. The highest BCUT2D eigenvalue weighted by Gasteiger charge is 2.31. The van der Waals surface area contributed by atoms with Crippen LogP contribution in [0.25, 0.3) is 0 Å². The molecule has 0 amide bonds. The van der Waals surface area contributed by atoms with Crippen molar-refractivity contribution in [3.63, 3.8) is 0 Å². The minimum atomic E-state index is -0.735. The summed E-state index contributed by atoms with van der Waals surface area (Å²) in [6.45, 7) is 0.127. The van der Waals surface area contributed by atoms with E-state index < -0.39 is 5.97 Å². The van der Waals surface area contributed by atoms with E-state index in [4.69, 9.17) is 5.11 Å². The fourth-order valence-electron chi connectivity index (χ4n) is 3.29. The molecular weight excluding hydrogens is 190 g/mol. The number of nitrogens with one attached hydrogen (secondary N) is 1. The van der Waals surface area contributed by atoms with Crippen molar-refractivity contribution in [1.29, 1.82) is 0 Å². The van der Waals surface area contributed by atoms with Crippen LogP contribution in [0.5, 0.6) is 0 Å². The summed E-state index contributed by atoms with van der Waals surface area (Å²) in [5.41, 5.74) is 0. The van der Waals surface area contributed by atoms with Crippen LogP contribution in [0.15, 0.2) is 0 Å². The highest BCUT2D eigenvalue weighted by molar-refractivity contribution is 5.69. The van der Waals surface area contributed by atoms with Gasteiger partial charge in [-0.3, -0.25) is 4.79 Å². The molecule has 2 N–H and O–H groups in total. The van der Waals surface area contributed by atoms with Crippen LogP contribution in [0.2, 0.25) is 0 Å². The second kappa shape index (κ2) is 4.97. The lowest BCUT2D eigenvalue weighted by atomic mass is 9.69. The van der Waals surface area contributed by atoms with Gasteiger partial charge in [0.25, 0.3) is 0 Å². The molecule has 3 unspecified atom stereocenters. The van der Waals surface area contributed by atoms with E-state index in [1.54, 1.807) is 0 Å². The third kappa shape index (κ3) is 2.94. The predicted molar refractivity (Wildman–Crippen MR) is 58.7 cm³/mol. The Kier molecular flexibility index (Phi) is 3.62. The maximum absolute atomic E-state index is 10.5. The highest BCUT2D eigenvalue weighted by Crippen LogP contribution is 2.40. The van der Waals surface area contributed by atoms with E-state index in [1.807, 2.05) is 0 Å². The van der Waals surface area contributed by atoms with Crippen molar-refractivity contribution >= 4 is 5.97 Å². The van der Waals surface area contributed by atoms with Crippen molar-refractivity contribution < 1.29 is 9.90 Å². The van der Waals surface area contributed by atoms with Crippen molar-refractivity contribution in [3.8, 4) is 0 Å². The maximum Gasteiger partial charge on any atom is 0.317 e. The first-order valence-corrected chi connectivity index (χ1v) is 6.21. The van der Waals surface area contributed by atoms with Gasteiger partial charge in [0.2, 0.25) is 0 Å². The first-order valence-electron chi connectivity index (χ1n) is 6.21. The van der Waals surface area contributed by atoms with E-state index in [1.165, 1.54) is 44.9 Å². The van der Waals surface area contributed by atoms with Gasteiger partial charge >= 0.3 is 5.97 Å². The average Bonchev–Trinajstić information content (AvgIpc) is 2.26. The molecule has 86 valence electrons. The summed E-state index contributed by atoms with van der Waals surface area (Å²) in [7, 11) is 0. The second-order valence-electron chi connectivity index (χ2n) is 5.09. The third-order valence-electron chi connectivity index (χ3n) is 4.08. The van der Waals surface area contributed by atoms with Crippen molar-refractivity contribution in [2.24, 2.45) is 11.8 Å². The number of fused-ring (bicyclic) bond motifs is 1. The zero-order valence-electron chi connectivity index (χ0n) is 9.24. The molecule has 0 aromatic carbocycles. The van der Waals surface area contributed by atoms with Gasteiger partial charge in [0, 0.05) is 6.04 Å². The summed E-state index contributed by atoms with van der Waals surface area (Å²) in [6.07, 6.45) is 9.27. The predicted octanol–water partition coefficient (Wildman–Crippen LogP) is 2.02. The van der Waals surface area contributed by atoms with Gasteiger partial charge in [-0.25, -0.2) is 0 Å². The van der Waals surface area contributed by atoms with E-state index in [2.05, 4.69) is 5.32 Å². The van der Waals surface area contributed by atoms with Gasteiger partial charge in [0.1, 0.15) is 0 Å². The molecule has 2 fully saturated rings. The molecule has 0 spiro atoms. The SMILES string of the molecule is O=C(O)CNC1CCC2CCCCC2C1. The lowest BCUT2D eigenvalue weighted by Crippen LogP contribution is -2.40. The largest absolute Gasteiger partial charge is 0.480 e. The number of hydrogen-bond acceptors (Lipinski definition) is 2. The lowest BCUT2D eigenvalue weighted by molar-refractivity contribution is -0.136. The van der Waals surface area contributed by atoms with Crippen LogP contribution in [0.1, 0.15) is 44.9 Å². The van der Waals surface area contributed by atoms with Gasteiger partial charge < -0.3 is 10.4 Å². The van der Waals surface area contributed by atoms with Crippen molar-refractivity contribution in [2.75, 3.05) is 6.54 Å². The topological polar surface area (TPSA) is 49.3 Å². The fourth-order valence-corrected chi connectivity index (χ4v) is 3.29. The normalized spacial score (nSPS) is 35.9. The van der Waals surface area contributed by atoms with Crippen molar-refractivity contribution in [2.45, 2.75) is 51.0 Å². The molecule has 2 rings (SSSR count). The van der Waals surface area contributed by atoms with Crippen LogP contribution in [0.3, 0.4) is 0 Å². The molecule has 0 aromatic heterocycles. The minimum absolute atomic E-state index is 0.127. The number of carbonyl (C=O) groups is 1. The number of aliphatic carboxylic acids is 1. The zero-order chi connectivity index (χ0) is 10.7. The van der Waals surface area contributed by atoms with Crippen molar-refractivity contribution in [3.05, 3.63) is 0 Å². The number of carboxylic acids is 1. The number of rotatable bonds is 3.